The van der Waals surface area contributed by atoms with Crippen molar-refractivity contribution >= 4 is 29.4 Å². The number of rotatable bonds is 2. The fourth-order valence-corrected chi connectivity index (χ4v) is 7.37. The Labute approximate surface area is 312 Å². The normalized spacial score (nSPS) is 36.6. The molecule has 1 saturated heterocycles. The molecule has 1 amide bonds. The summed E-state index contributed by atoms with van der Waals surface area (Å²) in [4.78, 5) is 66.6. The van der Waals surface area contributed by atoms with Gasteiger partial charge in [0.2, 0.25) is 5.78 Å². The average molecular weight is 754 g/mol. The molecule has 5 bridgehead atoms. The molecule has 1 aliphatic carbocycles. The number of aliphatic hydroxyl groups excluding tert-OH is 2. The van der Waals surface area contributed by atoms with Gasteiger partial charge in [0.05, 0.1) is 47.0 Å². The van der Waals surface area contributed by atoms with Gasteiger partial charge in [-0.2, -0.15) is 0 Å². The summed E-state index contributed by atoms with van der Waals surface area (Å²) in [7, 11) is 1.42. The van der Waals surface area contributed by atoms with Gasteiger partial charge >= 0.3 is 17.7 Å². The molecule has 6 rings (SSSR count). The number of fused-ring (bicyclic) bond motifs is 13. The number of hydrogen-bond donors (Lipinski definition) is 4. The minimum absolute atomic E-state index is 0.00812. The molecule has 0 aromatic heterocycles. The SMILES string of the molecule is COC1/C=C/OC2(C)Oc3c(C)c(O)c4c(c3C2=O)C2(C=C(NC(=O)/C(C)=C/C=C/C(C)C(O)C(C)C(O)C(C)C(OC(C)=O)C1C)C4=O)OCC(=O)O2. The molecule has 4 heterocycles. The largest absolute Gasteiger partial charge is 0.507 e. The van der Waals surface area contributed by atoms with Crippen LogP contribution >= 0.6 is 0 Å². The molecule has 54 heavy (non-hydrogen) atoms. The number of carbonyl (C=O) groups excluding carboxylic acids is 5. The zero-order chi connectivity index (χ0) is 40.0. The topological polar surface area (TPSA) is 213 Å². The molecule has 15 nitrogen and oxygen atoms in total. The first-order valence-corrected chi connectivity index (χ1v) is 17.6. The molecular weight excluding hydrogens is 706 g/mol. The Morgan fingerprint density at radius 3 is 2.26 bits per heavy atom. The summed E-state index contributed by atoms with van der Waals surface area (Å²) in [6, 6.07) is 0. The van der Waals surface area contributed by atoms with Crippen molar-refractivity contribution in [2.45, 2.75) is 91.4 Å². The first-order valence-electron chi connectivity index (χ1n) is 17.6. The van der Waals surface area contributed by atoms with E-state index in [0.717, 1.165) is 12.3 Å². The van der Waals surface area contributed by atoms with Gasteiger partial charge < -0.3 is 49.1 Å². The number of ether oxygens (including phenoxy) is 6. The first-order chi connectivity index (χ1) is 25.3. The first kappa shape index (κ1) is 40.4. The van der Waals surface area contributed by atoms with E-state index in [1.54, 1.807) is 39.8 Å². The van der Waals surface area contributed by atoms with Gasteiger partial charge in [-0.25, -0.2) is 4.79 Å². The van der Waals surface area contributed by atoms with Crippen molar-refractivity contribution in [2.24, 2.45) is 23.7 Å². The van der Waals surface area contributed by atoms with Gasteiger partial charge in [-0.3, -0.25) is 19.2 Å². The van der Waals surface area contributed by atoms with Crippen LogP contribution in [0.15, 0.2) is 47.9 Å². The van der Waals surface area contributed by atoms with Crippen LogP contribution in [-0.2, 0) is 43.9 Å². The van der Waals surface area contributed by atoms with E-state index in [2.05, 4.69) is 5.32 Å². The third-order valence-electron chi connectivity index (χ3n) is 10.6. The van der Waals surface area contributed by atoms with Crippen LogP contribution in [0.2, 0.25) is 0 Å². The predicted molar refractivity (Wildman–Crippen MR) is 189 cm³/mol. The lowest BCUT2D eigenvalue weighted by Gasteiger charge is -2.38. The molecule has 292 valence electrons. The number of phenolic OH excluding ortho intramolecular Hbond substituents is 1. The summed E-state index contributed by atoms with van der Waals surface area (Å²) < 4.78 is 34.8. The minimum Gasteiger partial charge on any atom is -0.507 e. The van der Waals surface area contributed by atoms with E-state index in [-0.39, 0.29) is 33.7 Å². The van der Waals surface area contributed by atoms with Crippen LogP contribution in [0.1, 0.15) is 80.3 Å². The van der Waals surface area contributed by atoms with Crippen LogP contribution < -0.4 is 10.1 Å². The number of ketones is 2. The molecule has 15 heteroatoms. The Kier molecular flexibility index (Phi) is 11.3. The highest BCUT2D eigenvalue weighted by atomic mass is 16.8. The van der Waals surface area contributed by atoms with E-state index >= 15 is 0 Å². The second-order valence-corrected chi connectivity index (χ2v) is 14.4. The smallest absolute Gasteiger partial charge is 0.335 e. The highest BCUT2D eigenvalue weighted by Gasteiger charge is 2.58. The molecular formula is C39H47NO14. The van der Waals surface area contributed by atoms with Crippen molar-refractivity contribution in [3.63, 3.8) is 0 Å². The molecule has 1 aromatic carbocycles. The number of esters is 2. The summed E-state index contributed by atoms with van der Waals surface area (Å²) in [6.07, 6.45) is 4.41. The van der Waals surface area contributed by atoms with Gasteiger partial charge in [0.25, 0.3) is 17.5 Å². The summed E-state index contributed by atoms with van der Waals surface area (Å²) >= 11 is 0. The Hall–Kier alpha value is -4.83. The lowest BCUT2D eigenvalue weighted by molar-refractivity contribution is -0.161. The molecule has 0 saturated carbocycles. The third-order valence-corrected chi connectivity index (χ3v) is 10.6. The number of allylic oxidation sites excluding steroid dienone is 3. The fraction of sp³-hybridized carbons (Fsp3) is 0.513. The summed E-state index contributed by atoms with van der Waals surface area (Å²) in [6.45, 7) is 11.7. The van der Waals surface area contributed by atoms with Gasteiger partial charge in [-0.05, 0) is 19.9 Å². The minimum atomic E-state index is -2.21. The summed E-state index contributed by atoms with van der Waals surface area (Å²) in [5, 5.41) is 36.6. The van der Waals surface area contributed by atoms with Crippen LogP contribution in [0.5, 0.6) is 11.5 Å². The second-order valence-electron chi connectivity index (χ2n) is 14.4. The molecule has 4 N–H and O–H groups in total. The van der Waals surface area contributed by atoms with Crippen LogP contribution in [0, 0.1) is 30.6 Å². The van der Waals surface area contributed by atoms with Crippen LogP contribution in [0.25, 0.3) is 0 Å². The maximum Gasteiger partial charge on any atom is 0.335 e. The Morgan fingerprint density at radius 1 is 0.963 bits per heavy atom. The monoisotopic (exact) mass is 753 g/mol. The highest BCUT2D eigenvalue weighted by Crippen LogP contribution is 2.53. The number of methoxy groups -OCH3 is 1. The average Bonchev–Trinajstić information content (AvgIpc) is 3.62. The van der Waals surface area contributed by atoms with Crippen molar-refractivity contribution in [3.05, 3.63) is 70.2 Å². The van der Waals surface area contributed by atoms with E-state index in [4.69, 9.17) is 28.4 Å². The number of aliphatic hydroxyl groups is 2. The number of benzene rings is 1. The van der Waals surface area contributed by atoms with Crippen molar-refractivity contribution in [1.29, 1.82) is 0 Å². The Morgan fingerprint density at radius 2 is 1.65 bits per heavy atom. The van der Waals surface area contributed by atoms with Crippen LogP contribution in [-0.4, -0.2) is 88.7 Å². The summed E-state index contributed by atoms with van der Waals surface area (Å²) in [5.74, 6) is -11.4. The van der Waals surface area contributed by atoms with E-state index in [1.807, 2.05) is 0 Å². The van der Waals surface area contributed by atoms with Crippen molar-refractivity contribution < 1.29 is 67.7 Å². The molecule has 0 radical (unpaired) electrons. The zero-order valence-electron chi connectivity index (χ0n) is 31.6. The lowest BCUT2D eigenvalue weighted by atomic mass is 9.78. The van der Waals surface area contributed by atoms with Crippen molar-refractivity contribution in [3.8, 4) is 11.5 Å². The maximum absolute atomic E-state index is 14.3. The van der Waals surface area contributed by atoms with Crippen LogP contribution in [0.4, 0.5) is 0 Å². The molecule has 10 atom stereocenters. The molecule has 1 fully saturated rings. The van der Waals surface area contributed by atoms with Gasteiger partial charge in [-0.1, -0.05) is 45.9 Å². The number of Topliss-reactive ketones (excluding diaryl/α,β-unsaturated/α-hetero) is 2. The quantitative estimate of drug-likeness (QED) is 0.320. The van der Waals surface area contributed by atoms with Crippen LogP contribution in [0.3, 0.4) is 0 Å². The van der Waals surface area contributed by atoms with Gasteiger partial charge in [0.15, 0.2) is 0 Å². The number of amides is 1. The maximum atomic E-state index is 14.3. The van der Waals surface area contributed by atoms with Crippen molar-refractivity contribution in [2.75, 3.05) is 13.7 Å². The Balaban J connectivity index is 1.66. The van der Waals surface area contributed by atoms with E-state index < -0.39 is 107 Å². The molecule has 4 aliphatic heterocycles. The number of phenols is 1. The molecule has 5 aliphatic rings. The molecule has 1 aromatic rings. The number of hydrogen-bond acceptors (Lipinski definition) is 14. The van der Waals surface area contributed by atoms with E-state index in [1.165, 1.54) is 47.0 Å². The van der Waals surface area contributed by atoms with Gasteiger partial charge in [0.1, 0.15) is 24.2 Å². The molecule has 1 spiro atoms. The van der Waals surface area contributed by atoms with E-state index in [0.29, 0.717) is 0 Å². The van der Waals surface area contributed by atoms with Gasteiger partial charge in [0, 0.05) is 61.8 Å². The zero-order valence-corrected chi connectivity index (χ0v) is 31.6. The standard InChI is InChI=1S/C39H47NO14/c1-17-11-10-12-18(2)37(48)40-24-15-39(51-16-26(42)53-39)29-27(33(24)46)32(45)22(6)35-28(29)36(47)38(8,54-35)50-14-13-25(49-9)19(3)34(52-23(7)41)21(5)31(44)20(4)30(17)43/h10-15,17,19-21,25,30-31,34,43-45H,16H2,1-9H3,(H,40,48)/b11-10+,14-13+,18-12+. The fourth-order valence-electron chi connectivity index (χ4n) is 7.37. The summed E-state index contributed by atoms with van der Waals surface area (Å²) in [5.41, 5.74) is -1.23. The third kappa shape index (κ3) is 7.08. The number of carbonyl (C=O) groups is 5. The number of nitrogens with one attached hydrogen (secondary N) is 1. The van der Waals surface area contributed by atoms with E-state index in [9.17, 15) is 39.3 Å². The highest BCUT2D eigenvalue weighted by molar-refractivity contribution is 6.19. The Bertz CT molecular complexity index is 1880. The second kappa shape index (κ2) is 15.1. The van der Waals surface area contributed by atoms with Gasteiger partial charge in [-0.15, -0.1) is 0 Å². The number of aromatic hydroxyl groups is 1. The predicted octanol–water partition coefficient (Wildman–Crippen LogP) is 3.17. The lowest BCUT2D eigenvalue weighted by Crippen LogP contribution is -2.46. The molecule has 10 unspecified atom stereocenters. The van der Waals surface area contributed by atoms with Crippen molar-refractivity contribution in [1.82, 2.24) is 5.32 Å².